The molecule has 0 saturated carbocycles. The lowest BCUT2D eigenvalue weighted by Crippen LogP contribution is -2.34. The first-order valence-electron chi connectivity index (χ1n) is 4.84. The molecule has 0 aliphatic heterocycles. The van der Waals surface area contributed by atoms with E-state index >= 15 is 0 Å². The lowest BCUT2D eigenvalue weighted by atomic mass is 10.2. The van der Waals surface area contributed by atoms with Crippen LogP contribution in [0.5, 0.6) is 0 Å². The highest BCUT2D eigenvalue weighted by molar-refractivity contribution is 6.30. The third-order valence-corrected chi connectivity index (χ3v) is 2.22. The second kappa shape index (κ2) is 6.48. The number of aliphatic hydroxyl groups is 1. The van der Waals surface area contributed by atoms with Crippen molar-refractivity contribution in [1.29, 1.82) is 0 Å². The van der Waals surface area contributed by atoms with E-state index in [2.05, 4.69) is 5.32 Å². The van der Waals surface area contributed by atoms with Crippen LogP contribution in [0, 0.1) is 0 Å². The van der Waals surface area contributed by atoms with Gasteiger partial charge in [0.05, 0.1) is 12.7 Å². The van der Waals surface area contributed by atoms with Gasteiger partial charge < -0.3 is 15.2 Å². The fourth-order valence-corrected chi connectivity index (χ4v) is 1.29. The molecule has 0 aromatic heterocycles. The van der Waals surface area contributed by atoms with Gasteiger partial charge in [0.15, 0.2) is 0 Å². The van der Waals surface area contributed by atoms with Crippen LogP contribution in [-0.4, -0.2) is 37.4 Å². The lowest BCUT2D eigenvalue weighted by Gasteiger charge is -2.10. The van der Waals surface area contributed by atoms with Crippen LogP contribution in [0.25, 0.3) is 0 Å². The molecule has 1 aromatic carbocycles. The van der Waals surface area contributed by atoms with Crippen molar-refractivity contribution in [2.75, 3.05) is 20.3 Å². The molecule has 4 nitrogen and oxygen atoms in total. The number of rotatable bonds is 5. The van der Waals surface area contributed by atoms with E-state index in [9.17, 15) is 9.90 Å². The molecule has 0 radical (unpaired) electrons. The highest BCUT2D eigenvalue weighted by Crippen LogP contribution is 2.09. The summed E-state index contributed by atoms with van der Waals surface area (Å²) in [6.07, 6.45) is -0.693. The number of halogens is 1. The van der Waals surface area contributed by atoms with Gasteiger partial charge in [-0.05, 0) is 24.3 Å². The molecule has 0 saturated heterocycles. The van der Waals surface area contributed by atoms with Crippen molar-refractivity contribution in [1.82, 2.24) is 5.32 Å². The smallest absolute Gasteiger partial charge is 0.251 e. The zero-order valence-corrected chi connectivity index (χ0v) is 9.70. The monoisotopic (exact) mass is 243 g/mol. The Hall–Kier alpha value is -1.10. The van der Waals surface area contributed by atoms with Crippen LogP contribution >= 0.6 is 11.6 Å². The maximum Gasteiger partial charge on any atom is 0.251 e. The van der Waals surface area contributed by atoms with E-state index in [-0.39, 0.29) is 19.1 Å². The van der Waals surface area contributed by atoms with Gasteiger partial charge in [0.2, 0.25) is 0 Å². The summed E-state index contributed by atoms with van der Waals surface area (Å²) in [7, 11) is 1.49. The van der Waals surface area contributed by atoms with E-state index in [0.717, 1.165) is 0 Å². The third-order valence-electron chi connectivity index (χ3n) is 1.96. The minimum atomic E-state index is -0.693. The fraction of sp³-hybridized carbons (Fsp3) is 0.364. The standard InChI is InChI=1S/C11H14ClNO3/c1-16-7-10(14)6-13-11(15)8-2-4-9(12)5-3-8/h2-5,10,14H,6-7H2,1H3,(H,13,15). The molecule has 0 heterocycles. The molecule has 1 aromatic rings. The Morgan fingerprint density at radius 3 is 2.69 bits per heavy atom. The minimum absolute atomic E-state index is 0.162. The summed E-state index contributed by atoms with van der Waals surface area (Å²) in [5.74, 6) is -0.244. The number of hydrogen-bond acceptors (Lipinski definition) is 3. The predicted octanol–water partition coefficient (Wildman–Crippen LogP) is 1.08. The zero-order valence-electron chi connectivity index (χ0n) is 8.94. The van der Waals surface area contributed by atoms with Crippen LogP contribution in [0.1, 0.15) is 10.4 Å². The highest BCUT2D eigenvalue weighted by Gasteiger charge is 2.08. The average Bonchev–Trinajstić information content (AvgIpc) is 2.27. The van der Waals surface area contributed by atoms with Crippen molar-refractivity contribution in [3.05, 3.63) is 34.9 Å². The van der Waals surface area contributed by atoms with E-state index in [1.807, 2.05) is 0 Å². The average molecular weight is 244 g/mol. The normalized spacial score (nSPS) is 12.2. The van der Waals surface area contributed by atoms with Crippen molar-refractivity contribution in [2.45, 2.75) is 6.10 Å². The Morgan fingerprint density at radius 1 is 1.50 bits per heavy atom. The maximum absolute atomic E-state index is 11.6. The first-order valence-corrected chi connectivity index (χ1v) is 5.22. The van der Waals surface area contributed by atoms with Crippen molar-refractivity contribution in [2.24, 2.45) is 0 Å². The van der Waals surface area contributed by atoms with E-state index in [4.69, 9.17) is 16.3 Å². The third kappa shape index (κ3) is 4.18. The van der Waals surface area contributed by atoms with Gasteiger partial charge in [-0.15, -0.1) is 0 Å². The summed E-state index contributed by atoms with van der Waals surface area (Å²) >= 11 is 5.70. The second-order valence-electron chi connectivity index (χ2n) is 3.33. The number of aliphatic hydroxyl groups excluding tert-OH is 1. The number of methoxy groups -OCH3 is 1. The molecule has 2 N–H and O–H groups in total. The molecule has 0 fully saturated rings. The van der Waals surface area contributed by atoms with Crippen molar-refractivity contribution in [3.63, 3.8) is 0 Å². The molecule has 0 aliphatic carbocycles. The van der Waals surface area contributed by atoms with Gasteiger partial charge in [-0.3, -0.25) is 4.79 Å². The molecular weight excluding hydrogens is 230 g/mol. The summed E-state index contributed by atoms with van der Waals surface area (Å²) in [6.45, 7) is 0.357. The molecule has 16 heavy (non-hydrogen) atoms. The molecule has 1 atom stereocenters. The van der Waals surface area contributed by atoms with Gasteiger partial charge in [-0.1, -0.05) is 11.6 Å². The molecule has 0 aliphatic rings. The zero-order chi connectivity index (χ0) is 12.0. The lowest BCUT2D eigenvalue weighted by molar-refractivity contribution is 0.0610. The van der Waals surface area contributed by atoms with Crippen LogP contribution < -0.4 is 5.32 Å². The van der Waals surface area contributed by atoms with Crippen LogP contribution in [-0.2, 0) is 4.74 Å². The van der Waals surface area contributed by atoms with Gasteiger partial charge in [0.1, 0.15) is 0 Å². The molecule has 0 bridgehead atoms. The summed E-state index contributed by atoms with van der Waals surface area (Å²) in [5, 5.41) is 12.5. The Balaban J connectivity index is 2.43. The largest absolute Gasteiger partial charge is 0.389 e. The van der Waals surface area contributed by atoms with Gasteiger partial charge >= 0.3 is 0 Å². The topological polar surface area (TPSA) is 58.6 Å². The van der Waals surface area contributed by atoms with Crippen LogP contribution in [0.3, 0.4) is 0 Å². The van der Waals surface area contributed by atoms with Crippen molar-refractivity contribution in [3.8, 4) is 0 Å². The van der Waals surface area contributed by atoms with Gasteiger partial charge in [0, 0.05) is 24.2 Å². The SMILES string of the molecule is COCC(O)CNC(=O)c1ccc(Cl)cc1. The number of amides is 1. The molecule has 1 amide bonds. The number of benzene rings is 1. The van der Waals surface area contributed by atoms with E-state index in [1.54, 1.807) is 24.3 Å². The van der Waals surface area contributed by atoms with Crippen molar-refractivity contribution >= 4 is 17.5 Å². The molecule has 88 valence electrons. The van der Waals surface area contributed by atoms with Gasteiger partial charge in [0.25, 0.3) is 5.91 Å². The van der Waals surface area contributed by atoms with E-state index in [0.29, 0.717) is 10.6 Å². The highest BCUT2D eigenvalue weighted by atomic mass is 35.5. The number of hydrogen-bond donors (Lipinski definition) is 2. The van der Waals surface area contributed by atoms with Crippen LogP contribution in [0.2, 0.25) is 5.02 Å². The summed E-state index contributed by atoms with van der Waals surface area (Å²) in [4.78, 5) is 11.6. The van der Waals surface area contributed by atoms with E-state index < -0.39 is 6.10 Å². The minimum Gasteiger partial charge on any atom is -0.389 e. The quantitative estimate of drug-likeness (QED) is 0.814. The Kier molecular flexibility index (Phi) is 5.25. The molecular formula is C11H14ClNO3. The first-order chi connectivity index (χ1) is 7.63. The maximum atomic E-state index is 11.6. The number of carbonyl (C=O) groups excluding carboxylic acids is 1. The first kappa shape index (κ1) is 13.0. The van der Waals surface area contributed by atoms with Crippen LogP contribution in [0.15, 0.2) is 24.3 Å². The number of ether oxygens (including phenoxy) is 1. The number of carbonyl (C=O) groups is 1. The van der Waals surface area contributed by atoms with Gasteiger partial charge in [-0.25, -0.2) is 0 Å². The van der Waals surface area contributed by atoms with Crippen LogP contribution in [0.4, 0.5) is 0 Å². The molecule has 1 unspecified atom stereocenters. The van der Waals surface area contributed by atoms with Crippen molar-refractivity contribution < 1.29 is 14.6 Å². The van der Waals surface area contributed by atoms with Gasteiger partial charge in [-0.2, -0.15) is 0 Å². The summed E-state index contributed by atoms with van der Waals surface area (Å²) in [6, 6.07) is 6.53. The Labute approximate surface area is 99.2 Å². The summed E-state index contributed by atoms with van der Waals surface area (Å²) in [5.41, 5.74) is 0.508. The van der Waals surface area contributed by atoms with E-state index in [1.165, 1.54) is 7.11 Å². The number of nitrogens with one attached hydrogen (secondary N) is 1. The Morgan fingerprint density at radius 2 is 2.12 bits per heavy atom. The second-order valence-corrected chi connectivity index (χ2v) is 3.76. The molecule has 1 rings (SSSR count). The fourth-order valence-electron chi connectivity index (χ4n) is 1.17. The molecule has 5 heteroatoms. The summed E-state index contributed by atoms with van der Waals surface area (Å²) < 4.78 is 4.74. The molecule has 0 spiro atoms. The predicted molar refractivity (Wildman–Crippen MR) is 61.7 cm³/mol. The Bertz CT molecular complexity index is 340.